The lowest BCUT2D eigenvalue weighted by atomic mass is 9.70. The van der Waals surface area contributed by atoms with Gasteiger partial charge in [-0.05, 0) is 37.2 Å². The van der Waals surface area contributed by atoms with E-state index < -0.39 is 0 Å². The highest BCUT2D eigenvalue weighted by molar-refractivity contribution is 5.02. The van der Waals surface area contributed by atoms with Crippen LogP contribution >= 0.6 is 0 Å². The van der Waals surface area contributed by atoms with E-state index in [0.717, 1.165) is 12.8 Å². The highest BCUT2D eigenvalue weighted by Gasteiger charge is 2.29. The smallest absolute Gasteiger partial charge is 0.0883 e. The Hall–Kier alpha value is -0.460. The maximum absolute atomic E-state index is 9.34. The van der Waals surface area contributed by atoms with Gasteiger partial charge in [0, 0.05) is 6.42 Å². The van der Waals surface area contributed by atoms with Crippen LogP contribution in [0.25, 0.3) is 0 Å². The summed E-state index contributed by atoms with van der Waals surface area (Å²) in [5.74, 6) is 0.614. The Morgan fingerprint density at radius 3 is 2.31 bits per heavy atom. The summed E-state index contributed by atoms with van der Waals surface area (Å²) in [6.07, 6.45) is 10.4. The molecule has 0 amide bonds. The van der Waals surface area contributed by atoms with Gasteiger partial charge >= 0.3 is 0 Å². The summed E-state index contributed by atoms with van der Waals surface area (Å²) in [7, 11) is 0. The molecule has 1 N–H and O–H groups in total. The maximum Gasteiger partial charge on any atom is 0.0883 e. The SMILES string of the molecule is CCCC1(CCC)CC=C(O)CC1. The maximum atomic E-state index is 9.34. The van der Waals surface area contributed by atoms with Gasteiger partial charge in [0.15, 0.2) is 0 Å². The van der Waals surface area contributed by atoms with Crippen molar-refractivity contribution in [2.75, 3.05) is 0 Å². The average Bonchev–Trinajstić information content (AvgIpc) is 2.11. The Morgan fingerprint density at radius 1 is 1.31 bits per heavy atom. The fourth-order valence-electron chi connectivity index (χ4n) is 2.57. The molecular weight excluding hydrogens is 160 g/mol. The van der Waals surface area contributed by atoms with Crippen molar-refractivity contribution in [3.05, 3.63) is 11.8 Å². The minimum atomic E-state index is 0.524. The van der Waals surface area contributed by atoms with Gasteiger partial charge in [-0.15, -0.1) is 0 Å². The van der Waals surface area contributed by atoms with Crippen LogP contribution in [0.15, 0.2) is 11.8 Å². The van der Waals surface area contributed by atoms with Gasteiger partial charge in [0.1, 0.15) is 0 Å². The molecule has 0 spiro atoms. The molecule has 0 aliphatic heterocycles. The van der Waals surface area contributed by atoms with Gasteiger partial charge < -0.3 is 5.11 Å². The predicted octanol–water partition coefficient (Wildman–Crippen LogP) is 4.20. The largest absolute Gasteiger partial charge is 0.513 e. The first kappa shape index (κ1) is 10.6. The number of aliphatic hydroxyl groups excluding tert-OH is 1. The van der Waals surface area contributed by atoms with E-state index in [1.807, 2.05) is 6.08 Å². The Morgan fingerprint density at radius 2 is 1.92 bits per heavy atom. The van der Waals surface area contributed by atoms with Crippen LogP contribution in [0.3, 0.4) is 0 Å². The van der Waals surface area contributed by atoms with Crippen molar-refractivity contribution >= 4 is 0 Å². The molecule has 76 valence electrons. The molecule has 13 heavy (non-hydrogen) atoms. The lowest BCUT2D eigenvalue weighted by Gasteiger charge is -2.35. The third-order valence-electron chi connectivity index (χ3n) is 3.24. The molecule has 0 aromatic heterocycles. The number of allylic oxidation sites excluding steroid dienone is 2. The third-order valence-corrected chi connectivity index (χ3v) is 3.24. The lowest BCUT2D eigenvalue weighted by molar-refractivity contribution is 0.186. The molecule has 0 aromatic carbocycles. The van der Waals surface area contributed by atoms with Crippen LogP contribution < -0.4 is 0 Å². The molecule has 1 aliphatic rings. The van der Waals surface area contributed by atoms with Crippen LogP contribution in [-0.4, -0.2) is 5.11 Å². The number of aliphatic hydroxyl groups is 1. The standard InChI is InChI=1S/C12H22O/c1-3-7-12(8-4-2)9-5-11(13)6-10-12/h5,13H,3-4,6-10H2,1-2H3. The normalized spacial score (nSPS) is 21.2. The summed E-state index contributed by atoms with van der Waals surface area (Å²) in [6.45, 7) is 4.52. The van der Waals surface area contributed by atoms with Gasteiger partial charge in [0.2, 0.25) is 0 Å². The van der Waals surface area contributed by atoms with Crippen LogP contribution in [0.5, 0.6) is 0 Å². The van der Waals surface area contributed by atoms with Crippen molar-refractivity contribution in [2.45, 2.75) is 58.8 Å². The van der Waals surface area contributed by atoms with E-state index in [2.05, 4.69) is 13.8 Å². The Kier molecular flexibility index (Phi) is 3.83. The number of rotatable bonds is 4. The zero-order valence-electron chi connectivity index (χ0n) is 8.97. The third kappa shape index (κ3) is 2.75. The summed E-state index contributed by atoms with van der Waals surface area (Å²) < 4.78 is 0. The molecule has 0 unspecified atom stereocenters. The molecular formula is C12H22O. The van der Waals surface area contributed by atoms with E-state index in [-0.39, 0.29) is 0 Å². The minimum absolute atomic E-state index is 0.524. The molecule has 1 nitrogen and oxygen atoms in total. The molecule has 1 aliphatic carbocycles. The van der Waals surface area contributed by atoms with E-state index in [1.165, 1.54) is 32.1 Å². The lowest BCUT2D eigenvalue weighted by Crippen LogP contribution is -2.23. The monoisotopic (exact) mass is 182 g/mol. The van der Waals surface area contributed by atoms with Crippen molar-refractivity contribution < 1.29 is 5.11 Å². The minimum Gasteiger partial charge on any atom is -0.513 e. The summed E-state index contributed by atoms with van der Waals surface area (Å²) >= 11 is 0. The van der Waals surface area contributed by atoms with E-state index in [0.29, 0.717) is 11.2 Å². The summed E-state index contributed by atoms with van der Waals surface area (Å²) in [4.78, 5) is 0. The molecule has 0 radical (unpaired) electrons. The second kappa shape index (κ2) is 4.69. The zero-order valence-corrected chi connectivity index (χ0v) is 8.97. The molecule has 0 atom stereocenters. The Balaban J connectivity index is 2.58. The van der Waals surface area contributed by atoms with Crippen LogP contribution in [0.4, 0.5) is 0 Å². The van der Waals surface area contributed by atoms with Crippen molar-refractivity contribution in [1.82, 2.24) is 0 Å². The van der Waals surface area contributed by atoms with Crippen LogP contribution in [0.1, 0.15) is 58.8 Å². The van der Waals surface area contributed by atoms with Crippen LogP contribution in [0.2, 0.25) is 0 Å². The molecule has 1 heteroatoms. The average molecular weight is 182 g/mol. The highest BCUT2D eigenvalue weighted by Crippen LogP contribution is 2.42. The second-order valence-corrected chi connectivity index (χ2v) is 4.40. The van der Waals surface area contributed by atoms with Crippen molar-refractivity contribution in [3.63, 3.8) is 0 Å². The molecule has 0 bridgehead atoms. The summed E-state index contributed by atoms with van der Waals surface area (Å²) in [5, 5.41) is 9.34. The number of hydrogen-bond acceptors (Lipinski definition) is 1. The van der Waals surface area contributed by atoms with Gasteiger partial charge in [0.05, 0.1) is 5.76 Å². The van der Waals surface area contributed by atoms with E-state index in [9.17, 15) is 5.11 Å². The van der Waals surface area contributed by atoms with Gasteiger partial charge in [-0.25, -0.2) is 0 Å². The van der Waals surface area contributed by atoms with Crippen molar-refractivity contribution in [3.8, 4) is 0 Å². The first-order valence-corrected chi connectivity index (χ1v) is 5.60. The van der Waals surface area contributed by atoms with Crippen LogP contribution in [-0.2, 0) is 0 Å². The fraction of sp³-hybridized carbons (Fsp3) is 0.833. The van der Waals surface area contributed by atoms with Gasteiger partial charge in [-0.1, -0.05) is 26.7 Å². The molecule has 0 saturated carbocycles. The molecule has 0 fully saturated rings. The molecule has 0 heterocycles. The van der Waals surface area contributed by atoms with Gasteiger partial charge in [-0.2, -0.15) is 0 Å². The fourth-order valence-corrected chi connectivity index (χ4v) is 2.57. The van der Waals surface area contributed by atoms with E-state index in [4.69, 9.17) is 0 Å². The summed E-state index contributed by atoms with van der Waals surface area (Å²) in [5.41, 5.74) is 0.524. The van der Waals surface area contributed by atoms with E-state index in [1.54, 1.807) is 0 Å². The number of hydrogen-bond donors (Lipinski definition) is 1. The van der Waals surface area contributed by atoms with E-state index >= 15 is 0 Å². The molecule has 1 rings (SSSR count). The first-order valence-electron chi connectivity index (χ1n) is 5.60. The molecule has 0 aromatic rings. The zero-order chi connectivity index (χ0) is 9.73. The van der Waals surface area contributed by atoms with Crippen molar-refractivity contribution in [2.24, 2.45) is 5.41 Å². The first-order chi connectivity index (χ1) is 6.22. The van der Waals surface area contributed by atoms with Gasteiger partial charge in [-0.3, -0.25) is 0 Å². The van der Waals surface area contributed by atoms with Gasteiger partial charge in [0.25, 0.3) is 0 Å². The van der Waals surface area contributed by atoms with Crippen molar-refractivity contribution in [1.29, 1.82) is 0 Å². The van der Waals surface area contributed by atoms with Crippen LogP contribution in [0, 0.1) is 5.41 Å². The topological polar surface area (TPSA) is 20.2 Å². The Bertz CT molecular complexity index is 176. The second-order valence-electron chi connectivity index (χ2n) is 4.40. The Labute approximate surface area is 81.9 Å². The highest BCUT2D eigenvalue weighted by atomic mass is 16.3. The summed E-state index contributed by atoms with van der Waals surface area (Å²) in [6, 6.07) is 0. The quantitative estimate of drug-likeness (QED) is 0.691. The predicted molar refractivity (Wildman–Crippen MR) is 56.8 cm³/mol. The molecule has 0 saturated heterocycles.